The van der Waals surface area contributed by atoms with Gasteiger partial charge in [0.1, 0.15) is 6.10 Å². The first kappa shape index (κ1) is 20.3. The maximum atomic E-state index is 13.3. The van der Waals surface area contributed by atoms with Gasteiger partial charge in [0.25, 0.3) is 0 Å². The van der Waals surface area contributed by atoms with E-state index in [1.54, 1.807) is 0 Å². The number of Topliss-reactive ketones (excluding diaryl/α,β-unsaturated/α-hetero) is 1. The topological polar surface area (TPSA) is 83.8 Å². The molecule has 0 heterocycles. The number of carbonyl (C=O) groups is 2. The van der Waals surface area contributed by atoms with Gasteiger partial charge in [-0.05, 0) is 37.2 Å². The van der Waals surface area contributed by atoms with Gasteiger partial charge in [0, 0.05) is 36.2 Å². The Morgan fingerprint density at radius 3 is 2.48 bits per heavy atom. The van der Waals surface area contributed by atoms with E-state index in [9.17, 15) is 19.8 Å². The van der Waals surface area contributed by atoms with Gasteiger partial charge in [0.2, 0.25) is 0 Å². The Morgan fingerprint density at radius 2 is 1.89 bits per heavy atom. The van der Waals surface area contributed by atoms with Gasteiger partial charge in [-0.15, -0.1) is 0 Å². The van der Waals surface area contributed by atoms with Crippen LogP contribution in [0.1, 0.15) is 60.3 Å². The largest absolute Gasteiger partial charge is 0.461 e. The van der Waals surface area contributed by atoms with Crippen LogP contribution in [0.5, 0.6) is 0 Å². The van der Waals surface area contributed by atoms with Crippen molar-refractivity contribution >= 4 is 11.8 Å². The van der Waals surface area contributed by atoms with E-state index in [4.69, 9.17) is 4.74 Å². The van der Waals surface area contributed by atoms with E-state index in [0.717, 1.165) is 11.1 Å². The Morgan fingerprint density at radius 1 is 1.26 bits per heavy atom. The van der Waals surface area contributed by atoms with Crippen molar-refractivity contribution in [2.24, 2.45) is 22.7 Å². The number of ether oxygens (including phenoxy) is 1. The number of rotatable bonds is 1. The molecule has 0 saturated heterocycles. The minimum atomic E-state index is -0.727. The van der Waals surface area contributed by atoms with Crippen LogP contribution < -0.4 is 0 Å². The molecule has 2 saturated carbocycles. The van der Waals surface area contributed by atoms with Crippen molar-refractivity contribution in [1.29, 1.82) is 0 Å². The van der Waals surface area contributed by atoms with E-state index in [1.807, 2.05) is 27.7 Å². The SMILES string of the molecule is C=C1[C@@H](O)CC[C@@]2(C)CC(=O)C3=C(C)C[C@H](O)[C@@H]([C@@H](OC(C)=O)[C@H]12)C3(C)C. The minimum Gasteiger partial charge on any atom is -0.461 e. The van der Waals surface area contributed by atoms with Crippen LogP contribution in [0.4, 0.5) is 0 Å². The van der Waals surface area contributed by atoms with Gasteiger partial charge in [-0.1, -0.05) is 32.9 Å². The highest BCUT2D eigenvalue weighted by atomic mass is 16.5. The van der Waals surface area contributed by atoms with Crippen molar-refractivity contribution in [3.05, 3.63) is 23.3 Å². The summed E-state index contributed by atoms with van der Waals surface area (Å²) in [5, 5.41) is 21.5. The summed E-state index contributed by atoms with van der Waals surface area (Å²) in [6.07, 6.45) is -0.120. The third kappa shape index (κ3) is 3.09. The number of esters is 1. The molecule has 0 aromatic rings. The van der Waals surface area contributed by atoms with Gasteiger partial charge in [0.05, 0.1) is 12.2 Å². The number of carbonyl (C=O) groups excluding carboxylic acids is 2. The molecule has 0 aliphatic heterocycles. The van der Waals surface area contributed by atoms with E-state index in [2.05, 4.69) is 6.58 Å². The molecule has 0 unspecified atom stereocenters. The highest BCUT2D eigenvalue weighted by molar-refractivity contribution is 5.98. The van der Waals surface area contributed by atoms with Crippen molar-refractivity contribution in [1.82, 2.24) is 0 Å². The van der Waals surface area contributed by atoms with Crippen molar-refractivity contribution in [3.8, 4) is 0 Å². The van der Waals surface area contributed by atoms with Gasteiger partial charge in [-0.3, -0.25) is 9.59 Å². The van der Waals surface area contributed by atoms with E-state index < -0.39 is 41.0 Å². The summed E-state index contributed by atoms with van der Waals surface area (Å²) in [6, 6.07) is 0. The first-order chi connectivity index (χ1) is 12.4. The fourth-order valence-corrected chi connectivity index (χ4v) is 6.23. The van der Waals surface area contributed by atoms with Gasteiger partial charge in [-0.2, -0.15) is 0 Å². The molecular formula is C22H32O5. The lowest BCUT2D eigenvalue weighted by atomic mass is 9.50. The Bertz CT molecular complexity index is 718. The summed E-state index contributed by atoms with van der Waals surface area (Å²) in [7, 11) is 0. The summed E-state index contributed by atoms with van der Waals surface area (Å²) in [4.78, 5) is 25.4. The van der Waals surface area contributed by atoms with Crippen LogP contribution in [0.2, 0.25) is 0 Å². The van der Waals surface area contributed by atoms with Crippen LogP contribution in [0.3, 0.4) is 0 Å². The first-order valence-corrected chi connectivity index (χ1v) is 9.85. The third-order valence-electron chi connectivity index (χ3n) is 7.23. The number of hydrogen-bond donors (Lipinski definition) is 2. The standard InChI is InChI=1S/C22H32O5/c1-11-9-15(25)19-20(27-13(3)23)18-12(2)14(24)7-8-22(18,6)10-16(26)17(11)21(19,4)5/h14-15,18-20,24-25H,2,7-10H2,1,3-6H3/t14-,15-,18-,19-,20-,22-/m0/s1. The first-order valence-electron chi connectivity index (χ1n) is 9.85. The van der Waals surface area contributed by atoms with E-state index >= 15 is 0 Å². The molecule has 5 nitrogen and oxygen atoms in total. The zero-order valence-corrected chi connectivity index (χ0v) is 17.0. The van der Waals surface area contributed by atoms with Gasteiger partial charge < -0.3 is 14.9 Å². The van der Waals surface area contributed by atoms with E-state index in [1.165, 1.54) is 6.92 Å². The molecule has 3 rings (SSSR count). The maximum Gasteiger partial charge on any atom is 0.302 e. The smallest absolute Gasteiger partial charge is 0.302 e. The van der Waals surface area contributed by atoms with Crippen LogP contribution in [0.25, 0.3) is 0 Å². The second-order valence-corrected chi connectivity index (χ2v) is 9.61. The Labute approximate surface area is 161 Å². The molecule has 0 amide bonds. The summed E-state index contributed by atoms with van der Waals surface area (Å²) < 4.78 is 5.84. The Kier molecular flexibility index (Phi) is 4.92. The predicted molar refractivity (Wildman–Crippen MR) is 102 cm³/mol. The molecule has 0 spiro atoms. The molecule has 0 aromatic carbocycles. The lowest BCUT2D eigenvalue weighted by Crippen LogP contribution is -2.59. The highest BCUT2D eigenvalue weighted by Gasteiger charge is 2.59. The number of ketones is 1. The van der Waals surface area contributed by atoms with Crippen molar-refractivity contribution in [3.63, 3.8) is 0 Å². The molecule has 2 fully saturated rings. The normalized spacial score (nSPS) is 41.5. The molecule has 2 N–H and O–H groups in total. The fourth-order valence-electron chi connectivity index (χ4n) is 6.23. The quantitative estimate of drug-likeness (QED) is 0.543. The van der Waals surface area contributed by atoms with Crippen LogP contribution in [0, 0.1) is 22.7 Å². The summed E-state index contributed by atoms with van der Waals surface area (Å²) >= 11 is 0. The molecule has 5 heteroatoms. The number of allylic oxidation sites excluding steroid dienone is 1. The lowest BCUT2D eigenvalue weighted by Gasteiger charge is -2.56. The molecule has 150 valence electrons. The Balaban J connectivity index is 2.25. The third-order valence-corrected chi connectivity index (χ3v) is 7.23. The highest BCUT2D eigenvalue weighted by Crippen LogP contribution is 2.58. The zero-order valence-electron chi connectivity index (χ0n) is 17.0. The fraction of sp³-hybridized carbons (Fsp3) is 0.727. The van der Waals surface area contributed by atoms with Gasteiger partial charge in [-0.25, -0.2) is 0 Å². The summed E-state index contributed by atoms with van der Waals surface area (Å²) in [5.41, 5.74) is 1.20. The molecule has 0 radical (unpaired) electrons. The maximum absolute atomic E-state index is 13.3. The average molecular weight is 376 g/mol. The lowest BCUT2D eigenvalue weighted by molar-refractivity contribution is -0.171. The molecule has 6 atom stereocenters. The molecule has 3 aliphatic rings. The zero-order chi connectivity index (χ0) is 20.3. The monoisotopic (exact) mass is 376 g/mol. The van der Waals surface area contributed by atoms with Gasteiger partial charge >= 0.3 is 5.97 Å². The number of fused-ring (bicyclic) bond motifs is 3. The van der Waals surface area contributed by atoms with Crippen LogP contribution in [-0.4, -0.2) is 40.3 Å². The molecular weight excluding hydrogens is 344 g/mol. The van der Waals surface area contributed by atoms with Crippen LogP contribution in [-0.2, 0) is 14.3 Å². The van der Waals surface area contributed by atoms with Crippen molar-refractivity contribution < 1.29 is 24.5 Å². The predicted octanol–water partition coefficient (Wildman–Crippen LogP) is 2.95. The number of aliphatic hydroxyl groups excluding tert-OH is 2. The van der Waals surface area contributed by atoms with Crippen molar-refractivity contribution in [2.75, 3.05) is 0 Å². The molecule has 0 aromatic heterocycles. The number of hydrogen-bond acceptors (Lipinski definition) is 5. The average Bonchev–Trinajstić information content (AvgIpc) is 2.48. The van der Waals surface area contributed by atoms with E-state index in [-0.39, 0.29) is 11.7 Å². The summed E-state index contributed by atoms with van der Waals surface area (Å²) in [5.74, 6) is -1.12. The second-order valence-electron chi connectivity index (χ2n) is 9.61. The summed E-state index contributed by atoms with van der Waals surface area (Å²) in [6.45, 7) is 13.4. The Hall–Kier alpha value is -1.46. The van der Waals surface area contributed by atoms with Crippen molar-refractivity contribution in [2.45, 2.75) is 78.6 Å². The number of aliphatic hydroxyl groups is 2. The van der Waals surface area contributed by atoms with Gasteiger partial charge in [0.15, 0.2) is 5.78 Å². The molecule has 27 heavy (non-hydrogen) atoms. The second kappa shape index (κ2) is 6.56. The molecule has 2 bridgehead atoms. The van der Waals surface area contributed by atoms with Crippen LogP contribution >= 0.6 is 0 Å². The van der Waals surface area contributed by atoms with Crippen LogP contribution in [0.15, 0.2) is 23.3 Å². The van der Waals surface area contributed by atoms with E-state index in [0.29, 0.717) is 31.3 Å². The molecule has 3 aliphatic carbocycles. The minimum absolute atomic E-state index is 0.104.